The molecule has 0 bridgehead atoms. The maximum atomic E-state index is 11.8. The predicted molar refractivity (Wildman–Crippen MR) is 62.2 cm³/mol. The molecule has 1 aliphatic heterocycles. The van der Waals surface area contributed by atoms with Gasteiger partial charge in [0.15, 0.2) is 5.13 Å². The third-order valence-corrected chi connectivity index (χ3v) is 3.25. The fourth-order valence-corrected chi connectivity index (χ4v) is 2.24. The van der Waals surface area contributed by atoms with Crippen molar-refractivity contribution >= 4 is 22.4 Å². The summed E-state index contributed by atoms with van der Waals surface area (Å²) in [6.07, 6.45) is 1.17. The van der Waals surface area contributed by atoms with Crippen molar-refractivity contribution in [3.63, 3.8) is 0 Å². The zero-order chi connectivity index (χ0) is 11.4. The number of aryl methyl sites for hydroxylation is 1. The second-order valence-corrected chi connectivity index (χ2v) is 4.56. The molecule has 6 heteroatoms. The fraction of sp³-hybridized carbons (Fsp3) is 0.600. The van der Waals surface area contributed by atoms with Gasteiger partial charge in [-0.2, -0.15) is 0 Å². The maximum absolute atomic E-state index is 11.8. The molecular weight excluding hydrogens is 226 g/mol. The van der Waals surface area contributed by atoms with E-state index in [1.165, 1.54) is 11.3 Å². The molecule has 0 aliphatic carbocycles. The van der Waals surface area contributed by atoms with Gasteiger partial charge < -0.3 is 15.4 Å². The van der Waals surface area contributed by atoms with Gasteiger partial charge in [-0.15, -0.1) is 11.3 Å². The van der Waals surface area contributed by atoms with Crippen LogP contribution in [0, 0.1) is 0 Å². The molecule has 88 valence electrons. The van der Waals surface area contributed by atoms with Crippen molar-refractivity contribution in [2.75, 3.05) is 32.0 Å². The Labute approximate surface area is 98.2 Å². The van der Waals surface area contributed by atoms with Crippen LogP contribution >= 0.6 is 11.3 Å². The Morgan fingerprint density at radius 3 is 2.94 bits per heavy atom. The van der Waals surface area contributed by atoms with Crippen molar-refractivity contribution in [2.24, 2.45) is 0 Å². The van der Waals surface area contributed by atoms with Gasteiger partial charge in [0.1, 0.15) is 0 Å². The molecule has 1 amide bonds. The second kappa shape index (κ2) is 5.27. The largest absolute Gasteiger partial charge is 0.378 e. The summed E-state index contributed by atoms with van der Waals surface area (Å²) in [5, 5.41) is 2.47. The first-order chi connectivity index (χ1) is 7.75. The molecule has 0 saturated carbocycles. The van der Waals surface area contributed by atoms with Gasteiger partial charge in [-0.25, -0.2) is 4.98 Å². The summed E-state index contributed by atoms with van der Waals surface area (Å²) in [4.78, 5) is 17.8. The van der Waals surface area contributed by atoms with E-state index in [0.717, 1.165) is 5.69 Å². The number of morpholine rings is 1. The normalized spacial score (nSPS) is 16.4. The van der Waals surface area contributed by atoms with Gasteiger partial charge in [-0.3, -0.25) is 4.79 Å². The van der Waals surface area contributed by atoms with E-state index in [4.69, 9.17) is 10.5 Å². The first-order valence-corrected chi connectivity index (χ1v) is 6.19. The van der Waals surface area contributed by atoms with Crippen molar-refractivity contribution in [2.45, 2.75) is 12.8 Å². The van der Waals surface area contributed by atoms with Crippen LogP contribution in [0.2, 0.25) is 0 Å². The lowest BCUT2D eigenvalue weighted by molar-refractivity contribution is -0.135. The van der Waals surface area contributed by atoms with Crippen LogP contribution in [0.4, 0.5) is 5.13 Å². The van der Waals surface area contributed by atoms with E-state index in [9.17, 15) is 4.79 Å². The zero-order valence-corrected chi connectivity index (χ0v) is 9.83. The lowest BCUT2D eigenvalue weighted by Gasteiger charge is -2.26. The van der Waals surface area contributed by atoms with Crippen molar-refractivity contribution in [3.8, 4) is 0 Å². The van der Waals surface area contributed by atoms with E-state index in [1.807, 2.05) is 10.3 Å². The van der Waals surface area contributed by atoms with Gasteiger partial charge in [0.2, 0.25) is 5.91 Å². The number of hydrogen-bond acceptors (Lipinski definition) is 5. The highest BCUT2D eigenvalue weighted by atomic mass is 32.1. The fourth-order valence-electron chi connectivity index (χ4n) is 1.64. The van der Waals surface area contributed by atoms with Gasteiger partial charge in [-0.1, -0.05) is 0 Å². The average Bonchev–Trinajstić information content (AvgIpc) is 2.73. The molecule has 1 aliphatic rings. The number of thiazole rings is 1. The molecule has 2 rings (SSSR count). The Morgan fingerprint density at radius 2 is 2.31 bits per heavy atom. The van der Waals surface area contributed by atoms with Crippen LogP contribution in [0.1, 0.15) is 12.1 Å². The molecule has 1 fully saturated rings. The predicted octanol–water partition coefficient (Wildman–Crippen LogP) is 0.517. The summed E-state index contributed by atoms with van der Waals surface area (Å²) < 4.78 is 5.19. The maximum Gasteiger partial charge on any atom is 0.223 e. The van der Waals surface area contributed by atoms with Crippen molar-refractivity contribution in [1.29, 1.82) is 0 Å². The third-order valence-electron chi connectivity index (χ3n) is 2.53. The number of ether oxygens (including phenoxy) is 1. The summed E-state index contributed by atoms with van der Waals surface area (Å²) in [6, 6.07) is 0. The highest BCUT2D eigenvalue weighted by Gasteiger charge is 2.16. The van der Waals surface area contributed by atoms with Gasteiger partial charge in [0, 0.05) is 24.9 Å². The number of nitrogen functional groups attached to an aromatic ring is 1. The number of amides is 1. The Hall–Kier alpha value is -1.14. The molecule has 5 nitrogen and oxygen atoms in total. The summed E-state index contributed by atoms with van der Waals surface area (Å²) in [6.45, 7) is 2.71. The van der Waals surface area contributed by atoms with Crippen LogP contribution in [-0.2, 0) is 16.0 Å². The number of aromatic nitrogens is 1. The van der Waals surface area contributed by atoms with E-state index in [1.54, 1.807) is 0 Å². The molecular formula is C10H15N3O2S. The van der Waals surface area contributed by atoms with E-state index in [0.29, 0.717) is 44.3 Å². The molecule has 2 heterocycles. The standard InChI is InChI=1S/C10H15N3O2S/c11-10-12-8(7-16-10)1-2-9(14)13-3-5-15-6-4-13/h7H,1-6H2,(H2,11,12). The minimum absolute atomic E-state index is 0.176. The topological polar surface area (TPSA) is 68.5 Å². The Bertz CT molecular complexity index is 361. The lowest BCUT2D eigenvalue weighted by atomic mass is 10.2. The van der Waals surface area contributed by atoms with Crippen LogP contribution in [0.15, 0.2) is 5.38 Å². The minimum atomic E-state index is 0.176. The van der Waals surface area contributed by atoms with E-state index < -0.39 is 0 Å². The molecule has 1 aromatic rings. The molecule has 0 spiro atoms. The van der Waals surface area contributed by atoms with Crippen LogP contribution in [0.3, 0.4) is 0 Å². The molecule has 0 unspecified atom stereocenters. The van der Waals surface area contributed by atoms with Gasteiger partial charge in [0.05, 0.1) is 18.9 Å². The highest BCUT2D eigenvalue weighted by Crippen LogP contribution is 2.13. The van der Waals surface area contributed by atoms with Crippen molar-refractivity contribution < 1.29 is 9.53 Å². The van der Waals surface area contributed by atoms with Crippen molar-refractivity contribution in [3.05, 3.63) is 11.1 Å². The molecule has 0 aromatic carbocycles. The number of hydrogen-bond donors (Lipinski definition) is 1. The zero-order valence-electron chi connectivity index (χ0n) is 9.02. The first kappa shape index (κ1) is 11.3. The summed E-state index contributed by atoms with van der Waals surface area (Å²) in [7, 11) is 0. The molecule has 16 heavy (non-hydrogen) atoms. The summed E-state index contributed by atoms with van der Waals surface area (Å²) >= 11 is 1.41. The number of carbonyl (C=O) groups excluding carboxylic acids is 1. The summed E-state index contributed by atoms with van der Waals surface area (Å²) in [5.41, 5.74) is 6.43. The van der Waals surface area contributed by atoms with Crippen LogP contribution in [-0.4, -0.2) is 42.1 Å². The Morgan fingerprint density at radius 1 is 1.56 bits per heavy atom. The van der Waals surface area contributed by atoms with Gasteiger partial charge >= 0.3 is 0 Å². The van der Waals surface area contributed by atoms with Gasteiger partial charge in [0.25, 0.3) is 0 Å². The number of rotatable bonds is 3. The molecule has 2 N–H and O–H groups in total. The van der Waals surface area contributed by atoms with E-state index >= 15 is 0 Å². The molecule has 0 radical (unpaired) electrons. The Balaban J connectivity index is 1.78. The number of nitrogens with two attached hydrogens (primary N) is 1. The smallest absolute Gasteiger partial charge is 0.223 e. The Kier molecular flexibility index (Phi) is 3.74. The molecule has 1 saturated heterocycles. The highest BCUT2D eigenvalue weighted by molar-refractivity contribution is 7.13. The number of carbonyl (C=O) groups is 1. The quantitative estimate of drug-likeness (QED) is 0.837. The lowest BCUT2D eigenvalue weighted by Crippen LogP contribution is -2.40. The van der Waals surface area contributed by atoms with Gasteiger partial charge in [-0.05, 0) is 6.42 Å². The number of anilines is 1. The first-order valence-electron chi connectivity index (χ1n) is 5.31. The third kappa shape index (κ3) is 2.93. The SMILES string of the molecule is Nc1nc(CCC(=O)N2CCOCC2)cs1. The van der Waals surface area contributed by atoms with Crippen LogP contribution in [0.25, 0.3) is 0 Å². The molecule has 0 atom stereocenters. The second-order valence-electron chi connectivity index (χ2n) is 3.67. The van der Waals surface area contributed by atoms with E-state index in [-0.39, 0.29) is 5.91 Å². The molecule has 1 aromatic heterocycles. The van der Waals surface area contributed by atoms with Crippen LogP contribution in [0.5, 0.6) is 0 Å². The minimum Gasteiger partial charge on any atom is -0.378 e. The summed E-state index contributed by atoms with van der Waals surface area (Å²) in [5.74, 6) is 0.176. The monoisotopic (exact) mass is 241 g/mol. The van der Waals surface area contributed by atoms with Crippen LogP contribution < -0.4 is 5.73 Å². The van der Waals surface area contributed by atoms with E-state index in [2.05, 4.69) is 4.98 Å². The van der Waals surface area contributed by atoms with Crippen molar-refractivity contribution in [1.82, 2.24) is 9.88 Å². The number of nitrogens with zero attached hydrogens (tertiary/aromatic N) is 2. The average molecular weight is 241 g/mol.